The predicted molar refractivity (Wildman–Crippen MR) is 55.5 cm³/mol. The first-order valence-electron chi connectivity index (χ1n) is 4.70. The highest BCUT2D eigenvalue weighted by atomic mass is 32.2. The Hall–Kier alpha value is -1.11. The van der Waals surface area contributed by atoms with Crippen LogP contribution in [0.25, 0.3) is 0 Å². The number of aromatic nitrogens is 1. The van der Waals surface area contributed by atoms with Crippen molar-refractivity contribution in [1.29, 1.82) is 0 Å². The Bertz CT molecular complexity index is 398. The lowest BCUT2D eigenvalue weighted by molar-refractivity contribution is -0.119. The van der Waals surface area contributed by atoms with Gasteiger partial charge in [-0.15, -0.1) is 0 Å². The van der Waals surface area contributed by atoms with Crippen molar-refractivity contribution < 1.29 is 18.1 Å². The third-order valence-electron chi connectivity index (χ3n) is 2.22. The van der Waals surface area contributed by atoms with Crippen LogP contribution in [0.5, 0.6) is 0 Å². The van der Waals surface area contributed by atoms with Gasteiger partial charge in [-0.05, 0) is 0 Å². The van der Waals surface area contributed by atoms with Gasteiger partial charge in [0.1, 0.15) is 0 Å². The van der Waals surface area contributed by atoms with Crippen molar-refractivity contribution in [3.8, 4) is 0 Å². The quantitative estimate of drug-likeness (QED) is 0.889. The van der Waals surface area contributed by atoms with Gasteiger partial charge in [0.15, 0.2) is 5.69 Å². The number of carbonyl (C=O) groups excluding carboxylic acids is 1. The minimum absolute atomic E-state index is 0.0292. The van der Waals surface area contributed by atoms with Crippen LogP contribution in [0, 0.1) is 5.92 Å². The maximum absolute atomic E-state index is 12.8. The number of anilines is 1. The van der Waals surface area contributed by atoms with Crippen molar-refractivity contribution >= 4 is 23.6 Å². The molecular weight excluding hydrogens is 238 g/mol. The lowest BCUT2D eigenvalue weighted by Crippen LogP contribution is -2.32. The predicted octanol–water partition coefficient (Wildman–Crippen LogP) is 2.09. The molecule has 0 radical (unpaired) electrons. The molecule has 4 nitrogen and oxygen atoms in total. The van der Waals surface area contributed by atoms with E-state index in [0.717, 1.165) is 24.5 Å². The van der Waals surface area contributed by atoms with Gasteiger partial charge in [0.2, 0.25) is 11.8 Å². The maximum Gasteiger partial charge on any atom is 0.290 e. The van der Waals surface area contributed by atoms with Gasteiger partial charge in [-0.3, -0.25) is 10.1 Å². The summed E-state index contributed by atoms with van der Waals surface area (Å²) in [7, 11) is 0. The largest absolute Gasteiger partial charge is 0.338 e. The molecule has 0 bridgehead atoms. The van der Waals surface area contributed by atoms with E-state index in [2.05, 4.69) is 15.0 Å². The van der Waals surface area contributed by atoms with E-state index in [9.17, 15) is 13.6 Å². The van der Waals surface area contributed by atoms with Crippen LogP contribution in [0.3, 0.4) is 0 Å². The van der Waals surface area contributed by atoms with Crippen molar-refractivity contribution in [1.82, 2.24) is 5.16 Å². The molecule has 16 heavy (non-hydrogen) atoms. The number of nitrogens with zero attached hydrogens (tertiary/aromatic N) is 1. The third-order valence-corrected chi connectivity index (χ3v) is 3.49. The summed E-state index contributed by atoms with van der Waals surface area (Å²) in [5.74, 6) is -1.83. The van der Waals surface area contributed by atoms with Crippen LogP contribution in [-0.4, -0.2) is 22.6 Å². The van der Waals surface area contributed by atoms with Crippen LogP contribution in [0.15, 0.2) is 10.6 Å². The van der Waals surface area contributed by atoms with Gasteiger partial charge < -0.3 is 4.52 Å². The van der Waals surface area contributed by atoms with E-state index in [1.54, 1.807) is 11.8 Å². The molecule has 1 fully saturated rings. The Labute approximate surface area is 94.7 Å². The molecule has 0 aliphatic carbocycles. The molecule has 1 saturated heterocycles. The summed E-state index contributed by atoms with van der Waals surface area (Å²) in [5.41, 5.74) is -0.481. The molecular formula is C9H10F2N2O2S. The second-order valence-corrected chi connectivity index (χ2v) is 4.76. The van der Waals surface area contributed by atoms with Crippen LogP contribution in [0.2, 0.25) is 0 Å². The molecule has 1 aliphatic rings. The maximum atomic E-state index is 12.8. The average molecular weight is 248 g/mol. The van der Waals surface area contributed by atoms with Gasteiger partial charge in [-0.25, -0.2) is 0 Å². The third kappa shape index (κ3) is 2.34. The summed E-state index contributed by atoms with van der Waals surface area (Å²) < 4.78 is 30.2. The molecule has 1 aromatic heterocycles. The van der Waals surface area contributed by atoms with Crippen LogP contribution in [0.1, 0.15) is 12.6 Å². The monoisotopic (exact) mass is 248 g/mol. The zero-order chi connectivity index (χ0) is 11.8. The molecule has 1 N–H and O–H groups in total. The van der Waals surface area contributed by atoms with E-state index in [0.29, 0.717) is 0 Å². The minimum Gasteiger partial charge on any atom is -0.338 e. The highest BCUT2D eigenvalue weighted by molar-refractivity contribution is 8.00. The van der Waals surface area contributed by atoms with Crippen molar-refractivity contribution in [3.05, 3.63) is 11.8 Å². The summed E-state index contributed by atoms with van der Waals surface area (Å²) in [6, 6.07) is 1.05. The van der Waals surface area contributed by atoms with Crippen LogP contribution in [0.4, 0.5) is 14.7 Å². The summed E-state index contributed by atoms with van der Waals surface area (Å²) in [5, 5.41) is 5.62. The van der Waals surface area contributed by atoms with E-state index in [1.165, 1.54) is 0 Å². The number of amides is 1. The standard InChI is InChI=1S/C9H10F2N2O2S/c1-9(10,11)6-2-7(15-13-6)12-8(14)5-3-16-4-5/h2,5H,3-4H2,1H3,(H,12,14). The SMILES string of the molecule is CC(F)(F)c1cc(NC(=O)C2CSC2)on1. The smallest absolute Gasteiger partial charge is 0.290 e. The molecule has 1 amide bonds. The molecule has 0 unspecified atom stereocenters. The summed E-state index contributed by atoms with van der Waals surface area (Å²) in [6.45, 7) is 0.721. The van der Waals surface area contributed by atoms with E-state index in [1.807, 2.05) is 0 Å². The van der Waals surface area contributed by atoms with Crippen molar-refractivity contribution in [2.24, 2.45) is 5.92 Å². The zero-order valence-corrected chi connectivity index (χ0v) is 9.31. The molecule has 0 saturated carbocycles. The Balaban J connectivity index is 1.99. The van der Waals surface area contributed by atoms with E-state index >= 15 is 0 Å². The first kappa shape index (κ1) is 11.4. The lowest BCUT2D eigenvalue weighted by atomic mass is 10.2. The fourth-order valence-corrected chi connectivity index (χ4v) is 1.93. The molecule has 88 valence electrons. The topological polar surface area (TPSA) is 55.1 Å². The van der Waals surface area contributed by atoms with Crippen molar-refractivity contribution in [3.63, 3.8) is 0 Å². The molecule has 7 heteroatoms. The number of carbonyl (C=O) groups is 1. The van der Waals surface area contributed by atoms with E-state index in [-0.39, 0.29) is 17.7 Å². The minimum atomic E-state index is -3.06. The summed E-state index contributed by atoms with van der Waals surface area (Å²) in [4.78, 5) is 11.5. The molecule has 0 spiro atoms. The van der Waals surface area contributed by atoms with E-state index < -0.39 is 11.6 Å². The molecule has 0 atom stereocenters. The number of thioether (sulfide) groups is 1. The van der Waals surface area contributed by atoms with Crippen molar-refractivity contribution in [2.45, 2.75) is 12.8 Å². The lowest BCUT2D eigenvalue weighted by Gasteiger charge is -2.22. The van der Waals surface area contributed by atoms with E-state index in [4.69, 9.17) is 0 Å². The number of nitrogens with one attached hydrogen (secondary N) is 1. The van der Waals surface area contributed by atoms with Gasteiger partial charge in [0, 0.05) is 24.5 Å². The Morgan fingerprint density at radius 3 is 2.81 bits per heavy atom. The second kappa shape index (κ2) is 4.04. The number of rotatable bonds is 3. The molecule has 1 aromatic rings. The Morgan fingerprint density at radius 1 is 1.69 bits per heavy atom. The number of halogens is 2. The van der Waals surface area contributed by atoms with Gasteiger partial charge >= 0.3 is 0 Å². The van der Waals surface area contributed by atoms with Crippen molar-refractivity contribution in [2.75, 3.05) is 16.8 Å². The van der Waals surface area contributed by atoms with Gasteiger partial charge in [0.05, 0.1) is 5.92 Å². The summed E-state index contributed by atoms with van der Waals surface area (Å²) >= 11 is 1.67. The Morgan fingerprint density at radius 2 is 2.38 bits per heavy atom. The fraction of sp³-hybridized carbons (Fsp3) is 0.556. The first-order chi connectivity index (χ1) is 7.47. The number of alkyl halides is 2. The normalized spacial score (nSPS) is 16.9. The molecule has 2 rings (SSSR count). The number of hydrogen-bond donors (Lipinski definition) is 1. The van der Waals surface area contributed by atoms with Gasteiger partial charge in [-0.2, -0.15) is 20.5 Å². The molecule has 2 heterocycles. The second-order valence-electron chi connectivity index (χ2n) is 3.69. The molecule has 1 aliphatic heterocycles. The fourth-order valence-electron chi connectivity index (χ4n) is 1.15. The van der Waals surface area contributed by atoms with Gasteiger partial charge in [0.25, 0.3) is 5.92 Å². The first-order valence-corrected chi connectivity index (χ1v) is 5.86. The highest BCUT2D eigenvalue weighted by Gasteiger charge is 2.31. The van der Waals surface area contributed by atoms with Crippen LogP contribution in [-0.2, 0) is 10.7 Å². The number of hydrogen-bond acceptors (Lipinski definition) is 4. The van der Waals surface area contributed by atoms with Gasteiger partial charge in [-0.1, -0.05) is 5.16 Å². The highest BCUT2D eigenvalue weighted by Crippen LogP contribution is 2.29. The average Bonchev–Trinajstić information content (AvgIpc) is 2.47. The van der Waals surface area contributed by atoms with Crippen LogP contribution >= 0.6 is 11.8 Å². The molecule has 0 aromatic carbocycles. The zero-order valence-electron chi connectivity index (χ0n) is 8.50. The summed E-state index contributed by atoms with van der Waals surface area (Å²) in [6.07, 6.45) is 0. The Kier molecular flexibility index (Phi) is 2.88. The van der Waals surface area contributed by atoms with Crippen LogP contribution < -0.4 is 5.32 Å².